The fourth-order valence-corrected chi connectivity index (χ4v) is 2.95. The summed E-state index contributed by atoms with van der Waals surface area (Å²) in [7, 11) is 0. The van der Waals surface area contributed by atoms with E-state index in [-0.39, 0.29) is 0 Å². The summed E-state index contributed by atoms with van der Waals surface area (Å²) in [4.78, 5) is 17.7. The van der Waals surface area contributed by atoms with Crippen molar-refractivity contribution in [1.82, 2.24) is 24.6 Å². The lowest BCUT2D eigenvalue weighted by Gasteiger charge is -2.01. The van der Waals surface area contributed by atoms with Crippen molar-refractivity contribution in [1.29, 1.82) is 0 Å². The molecule has 0 spiro atoms. The van der Waals surface area contributed by atoms with E-state index in [4.69, 9.17) is 0 Å². The highest BCUT2D eigenvalue weighted by Crippen LogP contribution is 2.24. The summed E-state index contributed by atoms with van der Waals surface area (Å²) in [5.41, 5.74) is 5.34. The minimum absolute atomic E-state index is 0.715. The van der Waals surface area contributed by atoms with E-state index in [1.165, 1.54) is 0 Å². The van der Waals surface area contributed by atoms with Crippen LogP contribution in [-0.2, 0) is 12.8 Å². The van der Waals surface area contributed by atoms with E-state index in [2.05, 4.69) is 31.8 Å². The number of fused-ring (bicyclic) bond motifs is 2. The van der Waals surface area contributed by atoms with Crippen molar-refractivity contribution < 1.29 is 0 Å². The zero-order valence-electron chi connectivity index (χ0n) is 14.5. The molecule has 0 aliphatic carbocycles. The Balaban J connectivity index is 1.62. The third-order valence-corrected chi connectivity index (χ3v) is 4.19. The molecule has 4 rings (SSSR count). The molecule has 0 aliphatic heterocycles. The molecule has 0 unspecified atom stereocenters. The SMILES string of the molecule is C=Nc1ccn2nc(CCc3ccc4ncccc4n3)nc2c1/C=C\C. The molecular formula is C20H18N6. The average molecular weight is 342 g/mol. The van der Waals surface area contributed by atoms with Crippen molar-refractivity contribution in [2.24, 2.45) is 4.99 Å². The smallest absolute Gasteiger partial charge is 0.164 e. The van der Waals surface area contributed by atoms with Gasteiger partial charge in [-0.05, 0) is 50.4 Å². The Morgan fingerprint density at radius 3 is 2.88 bits per heavy atom. The number of aryl methyl sites for hydroxylation is 2. The van der Waals surface area contributed by atoms with E-state index >= 15 is 0 Å². The molecule has 4 heterocycles. The van der Waals surface area contributed by atoms with Crippen molar-refractivity contribution in [3.8, 4) is 0 Å². The van der Waals surface area contributed by atoms with E-state index in [0.717, 1.165) is 45.9 Å². The number of hydrogen-bond donors (Lipinski definition) is 0. The summed E-state index contributed by atoms with van der Waals surface area (Å²) in [6.07, 6.45) is 9.07. The molecule has 0 radical (unpaired) electrons. The van der Waals surface area contributed by atoms with Crippen molar-refractivity contribution in [3.05, 3.63) is 65.9 Å². The molecule has 0 aromatic carbocycles. The first-order valence-corrected chi connectivity index (χ1v) is 8.47. The zero-order valence-corrected chi connectivity index (χ0v) is 14.5. The number of hydrogen-bond acceptors (Lipinski definition) is 5. The van der Waals surface area contributed by atoms with Gasteiger partial charge in [0.2, 0.25) is 0 Å². The van der Waals surface area contributed by atoms with Gasteiger partial charge in [0.25, 0.3) is 0 Å². The van der Waals surface area contributed by atoms with E-state index in [1.807, 2.05) is 55.6 Å². The fraction of sp³-hybridized carbons (Fsp3) is 0.150. The predicted molar refractivity (Wildman–Crippen MR) is 104 cm³/mol. The standard InChI is InChI=1S/C20H18N6/c1-3-5-15-16(21-2)11-13-26-20(15)24-19(25-26)10-8-14-7-9-17-18(23-14)6-4-12-22-17/h3-7,9,11-13H,2,8,10H2,1H3/b5-3-. The second-order valence-electron chi connectivity index (χ2n) is 5.91. The van der Waals surface area contributed by atoms with Gasteiger partial charge in [0, 0.05) is 30.1 Å². The van der Waals surface area contributed by atoms with Crippen LogP contribution in [0.2, 0.25) is 0 Å². The van der Waals surface area contributed by atoms with E-state index in [0.29, 0.717) is 6.42 Å². The molecule has 0 fully saturated rings. The summed E-state index contributed by atoms with van der Waals surface area (Å²) >= 11 is 0. The van der Waals surface area contributed by atoms with Gasteiger partial charge in [-0.3, -0.25) is 15.0 Å². The van der Waals surface area contributed by atoms with Crippen LogP contribution in [-0.4, -0.2) is 31.3 Å². The maximum absolute atomic E-state index is 4.69. The Bertz CT molecular complexity index is 1130. The predicted octanol–water partition coefficient (Wildman–Crippen LogP) is 3.82. The topological polar surface area (TPSA) is 68.3 Å². The van der Waals surface area contributed by atoms with Gasteiger partial charge >= 0.3 is 0 Å². The first-order valence-electron chi connectivity index (χ1n) is 8.47. The van der Waals surface area contributed by atoms with Gasteiger partial charge in [-0.15, -0.1) is 0 Å². The van der Waals surface area contributed by atoms with Crippen molar-refractivity contribution in [3.63, 3.8) is 0 Å². The maximum atomic E-state index is 4.69. The van der Waals surface area contributed by atoms with Gasteiger partial charge in [-0.25, -0.2) is 9.50 Å². The van der Waals surface area contributed by atoms with Crippen LogP contribution in [0, 0.1) is 0 Å². The Morgan fingerprint density at radius 1 is 1.12 bits per heavy atom. The van der Waals surface area contributed by atoms with Gasteiger partial charge in [-0.2, -0.15) is 5.10 Å². The number of aliphatic imine (C=N–C) groups is 1. The van der Waals surface area contributed by atoms with Crippen LogP contribution in [0.15, 0.2) is 53.8 Å². The van der Waals surface area contributed by atoms with Gasteiger partial charge in [0.1, 0.15) is 0 Å². The average Bonchev–Trinajstić information content (AvgIpc) is 3.10. The Kier molecular flexibility index (Phi) is 4.23. The van der Waals surface area contributed by atoms with Crippen LogP contribution >= 0.6 is 0 Å². The lowest BCUT2D eigenvalue weighted by molar-refractivity contribution is 0.823. The number of allylic oxidation sites excluding steroid dienone is 1. The maximum Gasteiger partial charge on any atom is 0.164 e. The van der Waals surface area contributed by atoms with Crippen LogP contribution in [0.4, 0.5) is 5.69 Å². The number of pyridine rings is 3. The van der Waals surface area contributed by atoms with Gasteiger partial charge < -0.3 is 0 Å². The van der Waals surface area contributed by atoms with Crippen molar-refractivity contribution in [2.45, 2.75) is 19.8 Å². The molecule has 0 aliphatic rings. The van der Waals surface area contributed by atoms with Crippen LogP contribution in [0.5, 0.6) is 0 Å². The largest absolute Gasteiger partial charge is 0.264 e. The minimum atomic E-state index is 0.715. The fourth-order valence-electron chi connectivity index (χ4n) is 2.95. The van der Waals surface area contributed by atoms with E-state index in [1.54, 1.807) is 10.7 Å². The molecule has 0 saturated carbocycles. The van der Waals surface area contributed by atoms with Crippen molar-refractivity contribution in [2.75, 3.05) is 0 Å². The molecule has 4 aromatic rings. The molecular weight excluding hydrogens is 324 g/mol. The number of aromatic nitrogens is 5. The van der Waals surface area contributed by atoms with E-state index < -0.39 is 0 Å². The molecule has 0 bridgehead atoms. The second kappa shape index (κ2) is 6.84. The monoisotopic (exact) mass is 342 g/mol. The van der Waals surface area contributed by atoms with E-state index in [9.17, 15) is 0 Å². The number of nitrogens with zero attached hydrogens (tertiary/aromatic N) is 6. The van der Waals surface area contributed by atoms with Crippen LogP contribution < -0.4 is 0 Å². The van der Waals surface area contributed by atoms with Gasteiger partial charge in [0.15, 0.2) is 11.5 Å². The summed E-state index contributed by atoms with van der Waals surface area (Å²) in [6, 6.07) is 9.78. The first kappa shape index (κ1) is 16.1. The molecule has 0 saturated heterocycles. The molecule has 0 atom stereocenters. The summed E-state index contributed by atoms with van der Waals surface area (Å²) in [5, 5.41) is 4.58. The Morgan fingerprint density at radius 2 is 2.04 bits per heavy atom. The quantitative estimate of drug-likeness (QED) is 0.517. The lowest BCUT2D eigenvalue weighted by atomic mass is 10.2. The minimum Gasteiger partial charge on any atom is -0.264 e. The molecule has 4 aromatic heterocycles. The Hall–Kier alpha value is -3.41. The summed E-state index contributed by atoms with van der Waals surface area (Å²) in [6.45, 7) is 5.60. The first-order chi connectivity index (χ1) is 12.8. The number of rotatable bonds is 5. The van der Waals surface area contributed by atoms with Crippen molar-refractivity contribution >= 4 is 35.2 Å². The van der Waals surface area contributed by atoms with Crippen LogP contribution in [0.25, 0.3) is 22.8 Å². The van der Waals surface area contributed by atoms with Gasteiger partial charge in [0.05, 0.1) is 16.7 Å². The summed E-state index contributed by atoms with van der Waals surface area (Å²) in [5.74, 6) is 0.782. The molecule has 6 heteroatoms. The molecule has 0 N–H and O–H groups in total. The normalized spacial score (nSPS) is 11.6. The third kappa shape index (κ3) is 2.97. The van der Waals surface area contributed by atoms with Crippen LogP contribution in [0.3, 0.4) is 0 Å². The molecule has 128 valence electrons. The second-order valence-corrected chi connectivity index (χ2v) is 5.91. The molecule has 26 heavy (non-hydrogen) atoms. The lowest BCUT2D eigenvalue weighted by Crippen LogP contribution is -1.97. The van der Waals surface area contributed by atoms with Crippen LogP contribution in [0.1, 0.15) is 24.0 Å². The highest BCUT2D eigenvalue weighted by atomic mass is 15.3. The van der Waals surface area contributed by atoms with Gasteiger partial charge in [-0.1, -0.05) is 12.2 Å². The highest BCUT2D eigenvalue weighted by Gasteiger charge is 2.10. The zero-order chi connectivity index (χ0) is 17.9. The summed E-state index contributed by atoms with van der Waals surface area (Å²) < 4.78 is 1.79. The molecule has 0 amide bonds. The molecule has 6 nitrogen and oxygen atoms in total. The highest BCUT2D eigenvalue weighted by molar-refractivity contribution is 5.76. The Labute approximate surface area is 151 Å². The third-order valence-electron chi connectivity index (χ3n) is 4.19.